The zero-order valence-electron chi connectivity index (χ0n) is 15.1. The van der Waals surface area contributed by atoms with E-state index in [2.05, 4.69) is 60.3 Å². The second-order valence-electron chi connectivity index (χ2n) is 7.55. The fourth-order valence-electron chi connectivity index (χ4n) is 3.46. The molecule has 7 heteroatoms. The predicted molar refractivity (Wildman–Crippen MR) is 93.8 cm³/mol. The third kappa shape index (κ3) is 2.52. The van der Waals surface area contributed by atoms with Gasteiger partial charge in [-0.25, -0.2) is 14.6 Å². The molecule has 2 N–H and O–H groups in total. The van der Waals surface area contributed by atoms with E-state index in [0.717, 1.165) is 23.9 Å². The first kappa shape index (κ1) is 16.7. The molecular formula is C17H26N6O. The van der Waals surface area contributed by atoms with Gasteiger partial charge >= 0.3 is 0 Å². The number of hydrogen-bond acceptors (Lipinski definition) is 5. The van der Waals surface area contributed by atoms with Crippen molar-refractivity contribution in [3.05, 3.63) is 12.5 Å². The molecule has 2 aromatic heterocycles. The SMILES string of the molecule is CCC1(CC)CNC(=O)C1Nc1ncnc2c1cnn2C(C)(C)C. The normalized spacial score (nSPS) is 20.4. The first-order valence-corrected chi connectivity index (χ1v) is 8.56. The van der Waals surface area contributed by atoms with Gasteiger partial charge in [-0.3, -0.25) is 4.79 Å². The Bertz CT molecular complexity index is 756. The molecule has 1 atom stereocenters. The number of aromatic nitrogens is 4. The molecule has 0 bridgehead atoms. The fourth-order valence-corrected chi connectivity index (χ4v) is 3.46. The van der Waals surface area contributed by atoms with Gasteiger partial charge in [-0.15, -0.1) is 0 Å². The number of hydrogen-bond donors (Lipinski definition) is 2. The summed E-state index contributed by atoms with van der Waals surface area (Å²) in [6, 6.07) is -0.288. The lowest BCUT2D eigenvalue weighted by Gasteiger charge is -2.31. The highest BCUT2D eigenvalue weighted by molar-refractivity contribution is 5.92. The van der Waals surface area contributed by atoms with Gasteiger partial charge in [-0.1, -0.05) is 13.8 Å². The average molecular weight is 330 g/mol. The lowest BCUT2D eigenvalue weighted by Crippen LogP contribution is -2.41. The summed E-state index contributed by atoms with van der Waals surface area (Å²) in [6.07, 6.45) is 5.15. The molecular weight excluding hydrogens is 304 g/mol. The lowest BCUT2D eigenvalue weighted by molar-refractivity contribution is -0.120. The van der Waals surface area contributed by atoms with Crippen LogP contribution >= 0.6 is 0 Å². The van der Waals surface area contributed by atoms with Gasteiger partial charge in [0, 0.05) is 12.0 Å². The summed E-state index contributed by atoms with van der Waals surface area (Å²) in [6.45, 7) is 11.2. The molecule has 1 aliphatic heterocycles. The van der Waals surface area contributed by atoms with Crippen LogP contribution in [-0.2, 0) is 10.3 Å². The predicted octanol–water partition coefficient (Wildman–Crippen LogP) is 2.30. The molecule has 2 aromatic rings. The van der Waals surface area contributed by atoms with Crippen LogP contribution in [0.5, 0.6) is 0 Å². The standard InChI is InChI=1S/C17H26N6O/c1-6-17(7-2)9-18-15(24)12(17)22-13-11-8-21-23(16(3,4)5)14(11)20-10-19-13/h8,10,12H,6-7,9H2,1-5H3,(H,18,24)(H,19,20,22). The smallest absolute Gasteiger partial charge is 0.243 e. The Morgan fingerprint density at radius 3 is 2.67 bits per heavy atom. The summed E-state index contributed by atoms with van der Waals surface area (Å²) in [7, 11) is 0. The molecule has 3 rings (SSSR count). The number of carbonyl (C=O) groups excluding carboxylic acids is 1. The summed E-state index contributed by atoms with van der Waals surface area (Å²) in [4.78, 5) is 21.1. The van der Waals surface area contributed by atoms with Crippen LogP contribution in [0.1, 0.15) is 47.5 Å². The van der Waals surface area contributed by atoms with E-state index < -0.39 is 0 Å². The van der Waals surface area contributed by atoms with Crippen molar-refractivity contribution in [2.24, 2.45) is 5.41 Å². The second-order valence-corrected chi connectivity index (χ2v) is 7.55. The summed E-state index contributed by atoms with van der Waals surface area (Å²) < 4.78 is 1.89. The van der Waals surface area contributed by atoms with Crippen molar-refractivity contribution in [1.29, 1.82) is 0 Å². The molecule has 1 aliphatic rings. The molecule has 3 heterocycles. The van der Waals surface area contributed by atoms with Gasteiger partial charge in [-0.05, 0) is 33.6 Å². The lowest BCUT2D eigenvalue weighted by atomic mass is 9.77. The van der Waals surface area contributed by atoms with E-state index in [1.165, 1.54) is 6.33 Å². The molecule has 130 valence electrons. The minimum Gasteiger partial charge on any atom is -0.357 e. The molecule has 0 radical (unpaired) electrons. The van der Waals surface area contributed by atoms with E-state index in [4.69, 9.17) is 0 Å². The van der Waals surface area contributed by atoms with E-state index in [9.17, 15) is 4.79 Å². The average Bonchev–Trinajstić information content (AvgIpc) is 3.11. The minimum atomic E-state index is -0.288. The summed E-state index contributed by atoms with van der Waals surface area (Å²) in [5.74, 6) is 0.706. The Morgan fingerprint density at radius 1 is 1.33 bits per heavy atom. The van der Waals surface area contributed by atoms with Crippen LogP contribution in [0.25, 0.3) is 11.0 Å². The molecule has 1 amide bonds. The van der Waals surface area contributed by atoms with E-state index in [0.29, 0.717) is 12.4 Å². The monoisotopic (exact) mass is 330 g/mol. The van der Waals surface area contributed by atoms with Gasteiger partial charge in [0.05, 0.1) is 17.1 Å². The molecule has 7 nitrogen and oxygen atoms in total. The highest BCUT2D eigenvalue weighted by atomic mass is 16.2. The summed E-state index contributed by atoms with van der Waals surface area (Å²) in [5.41, 5.74) is 0.514. The summed E-state index contributed by atoms with van der Waals surface area (Å²) in [5, 5.41) is 11.7. The largest absolute Gasteiger partial charge is 0.357 e. The highest BCUT2D eigenvalue weighted by Crippen LogP contribution is 2.36. The Balaban J connectivity index is 2.02. The minimum absolute atomic E-state index is 0.0358. The molecule has 1 fully saturated rings. The van der Waals surface area contributed by atoms with Gasteiger partial charge in [-0.2, -0.15) is 5.10 Å². The van der Waals surface area contributed by atoms with Crippen molar-refractivity contribution in [1.82, 2.24) is 25.1 Å². The van der Waals surface area contributed by atoms with Crippen LogP contribution in [-0.4, -0.2) is 38.2 Å². The van der Waals surface area contributed by atoms with Crippen molar-refractivity contribution >= 4 is 22.8 Å². The highest BCUT2D eigenvalue weighted by Gasteiger charge is 2.46. The maximum Gasteiger partial charge on any atom is 0.243 e. The molecule has 1 saturated heterocycles. The third-order valence-corrected chi connectivity index (χ3v) is 5.18. The maximum atomic E-state index is 12.4. The molecule has 0 aliphatic carbocycles. The first-order chi connectivity index (χ1) is 11.3. The third-order valence-electron chi connectivity index (χ3n) is 5.18. The first-order valence-electron chi connectivity index (χ1n) is 8.56. The zero-order valence-corrected chi connectivity index (χ0v) is 15.1. The second kappa shape index (κ2) is 5.72. The van der Waals surface area contributed by atoms with E-state index in [1.807, 2.05) is 4.68 Å². The Morgan fingerprint density at radius 2 is 2.04 bits per heavy atom. The number of anilines is 1. The number of nitrogens with one attached hydrogen (secondary N) is 2. The van der Waals surface area contributed by atoms with Crippen LogP contribution in [0, 0.1) is 5.41 Å². The fraction of sp³-hybridized carbons (Fsp3) is 0.647. The van der Waals surface area contributed by atoms with Gasteiger partial charge < -0.3 is 10.6 Å². The number of rotatable bonds is 4. The van der Waals surface area contributed by atoms with Crippen LogP contribution in [0.4, 0.5) is 5.82 Å². The summed E-state index contributed by atoms with van der Waals surface area (Å²) >= 11 is 0. The molecule has 0 saturated carbocycles. The van der Waals surface area contributed by atoms with Crippen molar-refractivity contribution < 1.29 is 4.79 Å². The number of nitrogens with zero attached hydrogens (tertiary/aromatic N) is 4. The van der Waals surface area contributed by atoms with Gasteiger partial charge in [0.1, 0.15) is 18.2 Å². The van der Waals surface area contributed by atoms with Gasteiger partial charge in [0.2, 0.25) is 5.91 Å². The van der Waals surface area contributed by atoms with E-state index >= 15 is 0 Å². The van der Waals surface area contributed by atoms with Crippen LogP contribution in [0.2, 0.25) is 0 Å². The van der Waals surface area contributed by atoms with Crippen LogP contribution in [0.15, 0.2) is 12.5 Å². The molecule has 0 spiro atoms. The van der Waals surface area contributed by atoms with E-state index in [1.54, 1.807) is 6.20 Å². The van der Waals surface area contributed by atoms with Crippen LogP contribution in [0.3, 0.4) is 0 Å². The van der Waals surface area contributed by atoms with Gasteiger partial charge in [0.25, 0.3) is 0 Å². The molecule has 0 aromatic carbocycles. The Labute approximate surface area is 142 Å². The number of carbonyl (C=O) groups is 1. The topological polar surface area (TPSA) is 84.7 Å². The van der Waals surface area contributed by atoms with Gasteiger partial charge in [0.15, 0.2) is 5.65 Å². The quantitative estimate of drug-likeness (QED) is 0.898. The number of fused-ring (bicyclic) bond motifs is 1. The van der Waals surface area contributed by atoms with Crippen molar-refractivity contribution in [2.45, 2.75) is 59.0 Å². The van der Waals surface area contributed by atoms with Crippen molar-refractivity contribution in [3.8, 4) is 0 Å². The van der Waals surface area contributed by atoms with E-state index in [-0.39, 0.29) is 22.9 Å². The maximum absolute atomic E-state index is 12.4. The Hall–Kier alpha value is -2.18. The number of amides is 1. The van der Waals surface area contributed by atoms with Crippen LogP contribution < -0.4 is 10.6 Å². The molecule has 1 unspecified atom stereocenters. The molecule has 24 heavy (non-hydrogen) atoms. The van der Waals surface area contributed by atoms with Crippen molar-refractivity contribution in [2.75, 3.05) is 11.9 Å². The Kier molecular flexibility index (Phi) is 3.97. The van der Waals surface area contributed by atoms with Crippen molar-refractivity contribution in [3.63, 3.8) is 0 Å². The zero-order chi connectivity index (χ0) is 17.5.